The number of nitrogens with one attached hydrogen (secondary N) is 1. The van der Waals surface area contributed by atoms with Crippen molar-refractivity contribution in [3.63, 3.8) is 0 Å². The summed E-state index contributed by atoms with van der Waals surface area (Å²) in [6, 6.07) is 0. The van der Waals surface area contributed by atoms with Crippen LogP contribution in [0.25, 0.3) is 0 Å². The summed E-state index contributed by atoms with van der Waals surface area (Å²) in [4.78, 5) is 24.3. The van der Waals surface area contributed by atoms with Crippen LogP contribution in [0.1, 0.15) is 54.9 Å². The van der Waals surface area contributed by atoms with Gasteiger partial charge in [0.05, 0.1) is 5.92 Å². The standard InChI is InChI=1S/C20H33NO4/c1-12-8-9-14-13(12)10-20(14,15(16(22)23)18(2,3)4)11-21-17(24)25-19(5,6)7/h8-9,12-15H,10-11H2,1-7H3,(H,21,24)(H,22,23)/t12?,13-,14+,15?,20-/m0/s1. The van der Waals surface area contributed by atoms with Crippen LogP contribution in [0.5, 0.6) is 0 Å². The molecule has 0 aromatic rings. The van der Waals surface area contributed by atoms with Crippen LogP contribution in [0.15, 0.2) is 12.2 Å². The van der Waals surface area contributed by atoms with E-state index in [-0.39, 0.29) is 5.92 Å². The predicted octanol–water partition coefficient (Wildman–Crippen LogP) is 4.09. The number of carboxylic acids is 1. The van der Waals surface area contributed by atoms with Crippen LogP contribution in [0, 0.1) is 34.5 Å². The molecule has 2 unspecified atom stereocenters. The Bertz CT molecular complexity index is 569. The molecule has 5 heteroatoms. The fourth-order valence-electron chi connectivity index (χ4n) is 4.88. The Balaban J connectivity index is 2.25. The second kappa shape index (κ2) is 6.33. The number of carbonyl (C=O) groups excluding carboxylic acids is 1. The Hall–Kier alpha value is -1.52. The molecule has 2 aliphatic rings. The van der Waals surface area contributed by atoms with Crippen LogP contribution in [-0.4, -0.2) is 29.3 Å². The molecule has 1 amide bonds. The van der Waals surface area contributed by atoms with Crippen molar-refractivity contribution in [2.24, 2.45) is 34.5 Å². The first-order valence-corrected chi connectivity index (χ1v) is 9.16. The van der Waals surface area contributed by atoms with Crippen molar-refractivity contribution < 1.29 is 19.4 Å². The quantitative estimate of drug-likeness (QED) is 0.748. The third-order valence-corrected chi connectivity index (χ3v) is 5.69. The van der Waals surface area contributed by atoms with E-state index in [1.54, 1.807) is 0 Å². The van der Waals surface area contributed by atoms with Crippen molar-refractivity contribution >= 4 is 12.1 Å². The van der Waals surface area contributed by atoms with Gasteiger partial charge in [-0.25, -0.2) is 4.79 Å². The van der Waals surface area contributed by atoms with Gasteiger partial charge in [-0.3, -0.25) is 4.79 Å². The first kappa shape index (κ1) is 19.8. The van der Waals surface area contributed by atoms with Crippen molar-refractivity contribution in [1.29, 1.82) is 0 Å². The molecule has 142 valence electrons. The summed E-state index contributed by atoms with van der Waals surface area (Å²) < 4.78 is 5.34. The van der Waals surface area contributed by atoms with Crippen LogP contribution >= 0.6 is 0 Å². The highest BCUT2D eigenvalue weighted by Crippen LogP contribution is 2.64. The minimum absolute atomic E-state index is 0.192. The van der Waals surface area contributed by atoms with Gasteiger partial charge in [0, 0.05) is 12.0 Å². The molecule has 0 radical (unpaired) electrons. The number of carboxylic acid groups (broad SMARTS) is 1. The van der Waals surface area contributed by atoms with Crippen molar-refractivity contribution in [2.75, 3.05) is 6.54 Å². The third kappa shape index (κ3) is 3.85. The number of aliphatic carboxylic acids is 1. The minimum atomic E-state index is -0.787. The lowest BCUT2D eigenvalue weighted by Gasteiger charge is -2.59. The highest BCUT2D eigenvalue weighted by Gasteiger charge is 2.63. The first-order valence-electron chi connectivity index (χ1n) is 9.16. The molecular weight excluding hydrogens is 318 g/mol. The number of allylic oxidation sites excluding steroid dienone is 2. The minimum Gasteiger partial charge on any atom is -0.481 e. The Morgan fingerprint density at radius 3 is 2.28 bits per heavy atom. The molecule has 2 N–H and O–H groups in total. The summed E-state index contributed by atoms with van der Waals surface area (Å²) in [5, 5.41) is 12.8. The van der Waals surface area contributed by atoms with Crippen LogP contribution in [0.2, 0.25) is 0 Å². The molecule has 2 rings (SSSR count). The molecule has 0 aromatic heterocycles. The van der Waals surface area contributed by atoms with E-state index in [1.165, 1.54) is 0 Å². The number of hydrogen-bond acceptors (Lipinski definition) is 3. The monoisotopic (exact) mass is 351 g/mol. The Morgan fingerprint density at radius 2 is 1.84 bits per heavy atom. The second-order valence-corrected chi connectivity index (χ2v) is 9.86. The van der Waals surface area contributed by atoms with Crippen molar-refractivity contribution in [1.82, 2.24) is 5.32 Å². The van der Waals surface area contributed by atoms with Gasteiger partial charge < -0.3 is 15.2 Å². The molecule has 0 heterocycles. The first-order chi connectivity index (χ1) is 11.3. The lowest BCUT2D eigenvalue weighted by atomic mass is 9.45. The summed E-state index contributed by atoms with van der Waals surface area (Å²) >= 11 is 0. The van der Waals surface area contributed by atoms with Gasteiger partial charge >= 0.3 is 12.1 Å². The normalized spacial score (nSPS) is 32.5. The fraction of sp³-hybridized carbons (Fsp3) is 0.800. The van der Waals surface area contributed by atoms with Crippen molar-refractivity contribution in [2.45, 2.75) is 60.5 Å². The maximum Gasteiger partial charge on any atom is 0.407 e. The number of alkyl carbamates (subject to hydrolysis) is 1. The number of fused-ring (bicyclic) bond motifs is 1. The van der Waals surface area contributed by atoms with Gasteiger partial charge in [-0.05, 0) is 50.4 Å². The van der Waals surface area contributed by atoms with E-state index in [0.717, 1.165) is 6.42 Å². The molecule has 0 spiro atoms. The lowest BCUT2D eigenvalue weighted by Crippen LogP contribution is -2.62. The number of ether oxygens (including phenoxy) is 1. The predicted molar refractivity (Wildman–Crippen MR) is 97.2 cm³/mol. The number of hydrogen-bond donors (Lipinski definition) is 2. The van der Waals surface area contributed by atoms with E-state index < -0.39 is 34.4 Å². The zero-order valence-electron chi connectivity index (χ0n) is 16.6. The highest BCUT2D eigenvalue weighted by molar-refractivity contribution is 5.73. The van der Waals surface area contributed by atoms with E-state index in [4.69, 9.17) is 4.74 Å². The zero-order valence-corrected chi connectivity index (χ0v) is 16.6. The van der Waals surface area contributed by atoms with Gasteiger partial charge in [-0.1, -0.05) is 39.8 Å². The number of rotatable bonds is 4. The van der Waals surface area contributed by atoms with E-state index >= 15 is 0 Å². The molecule has 5 atom stereocenters. The van der Waals surface area contributed by atoms with E-state index in [0.29, 0.717) is 18.4 Å². The number of amides is 1. The lowest BCUT2D eigenvalue weighted by molar-refractivity contribution is -0.168. The molecule has 5 nitrogen and oxygen atoms in total. The van der Waals surface area contributed by atoms with E-state index in [2.05, 4.69) is 24.4 Å². The summed E-state index contributed by atoms with van der Waals surface area (Å²) in [5.41, 5.74) is -1.43. The van der Waals surface area contributed by atoms with Crippen molar-refractivity contribution in [3.05, 3.63) is 12.2 Å². The zero-order chi connectivity index (χ0) is 19.2. The molecule has 2 aliphatic carbocycles. The molecule has 1 fully saturated rings. The summed E-state index contributed by atoms with van der Waals surface area (Å²) in [6.07, 6.45) is 4.68. The fourth-order valence-corrected chi connectivity index (χ4v) is 4.88. The SMILES string of the molecule is CC1C=C[C@@H]2[C@H]1C[C@@]2(CNC(=O)OC(C)(C)C)C(C(=O)O)C(C)(C)C. The van der Waals surface area contributed by atoms with E-state index in [9.17, 15) is 14.7 Å². The average molecular weight is 351 g/mol. The van der Waals surface area contributed by atoms with Crippen LogP contribution in [0.3, 0.4) is 0 Å². The molecule has 25 heavy (non-hydrogen) atoms. The topological polar surface area (TPSA) is 75.6 Å². The van der Waals surface area contributed by atoms with Crippen molar-refractivity contribution in [3.8, 4) is 0 Å². The van der Waals surface area contributed by atoms with Crippen LogP contribution < -0.4 is 5.32 Å². The maximum atomic E-state index is 12.2. The summed E-state index contributed by atoms with van der Waals surface area (Å²) in [5.74, 6) is -0.188. The summed E-state index contributed by atoms with van der Waals surface area (Å²) in [7, 11) is 0. The maximum absolute atomic E-state index is 12.2. The molecule has 0 saturated heterocycles. The Morgan fingerprint density at radius 1 is 1.24 bits per heavy atom. The van der Waals surface area contributed by atoms with Gasteiger partial charge in [-0.15, -0.1) is 0 Å². The Labute approximate surface area is 151 Å². The van der Waals surface area contributed by atoms with Gasteiger partial charge in [0.1, 0.15) is 5.60 Å². The van der Waals surface area contributed by atoms with Gasteiger partial charge in [0.15, 0.2) is 0 Å². The molecular formula is C20H33NO4. The molecule has 1 saturated carbocycles. The molecule has 0 bridgehead atoms. The third-order valence-electron chi connectivity index (χ3n) is 5.69. The van der Waals surface area contributed by atoms with E-state index in [1.807, 2.05) is 41.5 Å². The second-order valence-electron chi connectivity index (χ2n) is 9.86. The molecule has 0 aromatic carbocycles. The smallest absolute Gasteiger partial charge is 0.407 e. The average Bonchev–Trinajstić information content (AvgIpc) is 2.66. The highest BCUT2D eigenvalue weighted by atomic mass is 16.6. The van der Waals surface area contributed by atoms with Gasteiger partial charge in [0.2, 0.25) is 0 Å². The van der Waals surface area contributed by atoms with Gasteiger partial charge in [-0.2, -0.15) is 0 Å². The van der Waals surface area contributed by atoms with Gasteiger partial charge in [0.25, 0.3) is 0 Å². The van der Waals surface area contributed by atoms with Crippen LogP contribution in [0.4, 0.5) is 4.79 Å². The van der Waals surface area contributed by atoms with Crippen LogP contribution in [-0.2, 0) is 9.53 Å². The summed E-state index contributed by atoms with van der Waals surface area (Å²) in [6.45, 7) is 13.9. The Kier molecular flexibility index (Phi) is 5.01. The number of carbonyl (C=O) groups is 2. The molecule has 0 aliphatic heterocycles. The largest absolute Gasteiger partial charge is 0.481 e.